The van der Waals surface area contributed by atoms with Crippen LogP contribution in [-0.4, -0.2) is 49.6 Å². The van der Waals surface area contributed by atoms with Crippen molar-refractivity contribution in [3.8, 4) is 5.75 Å². The van der Waals surface area contributed by atoms with Gasteiger partial charge in [0.05, 0.1) is 24.2 Å². The summed E-state index contributed by atoms with van der Waals surface area (Å²) in [6, 6.07) is 4.12. The summed E-state index contributed by atoms with van der Waals surface area (Å²) in [4.78, 5) is 23.6. The quantitative estimate of drug-likeness (QED) is 0.739. The summed E-state index contributed by atoms with van der Waals surface area (Å²) in [5.41, 5.74) is 1.03. The maximum Gasteiger partial charge on any atom is 0.310 e. The van der Waals surface area contributed by atoms with Crippen molar-refractivity contribution in [3.05, 3.63) is 30.0 Å². The summed E-state index contributed by atoms with van der Waals surface area (Å²) in [7, 11) is -3.08. The Labute approximate surface area is 143 Å². The van der Waals surface area contributed by atoms with Gasteiger partial charge in [-0.3, -0.25) is 9.59 Å². The molecule has 8 nitrogen and oxygen atoms in total. The molecule has 0 bridgehead atoms. The van der Waals surface area contributed by atoms with Gasteiger partial charge in [0, 0.05) is 23.1 Å². The maximum atomic E-state index is 11.9. The molecule has 0 saturated carbocycles. The minimum Gasteiger partial charge on any atom is -0.508 e. The smallest absolute Gasteiger partial charge is 0.310 e. The van der Waals surface area contributed by atoms with Gasteiger partial charge in [0.2, 0.25) is 0 Å². The highest BCUT2D eigenvalue weighted by molar-refractivity contribution is 7.91. The first kappa shape index (κ1) is 17.3. The number of hydrogen-bond donors (Lipinski definition) is 2. The highest BCUT2D eigenvalue weighted by Gasteiger charge is 2.29. The van der Waals surface area contributed by atoms with Gasteiger partial charge >= 0.3 is 5.97 Å². The van der Waals surface area contributed by atoms with Gasteiger partial charge in [-0.2, -0.15) is 0 Å². The standard InChI is InChI=1S/C16H17NO7S/c18-12-1-2-13-10(7-23-14(13)6-12)5-16(20)24-8-15(19)17-11-3-4-25(21,22)9-11/h1-2,6-7,11,18H,3-5,8-9H2,(H,17,19)/t11-/m1/s1. The number of phenolic OH excluding ortho intramolecular Hbond substituents is 1. The molecule has 1 aliphatic rings. The van der Waals surface area contributed by atoms with E-state index in [9.17, 15) is 23.1 Å². The first-order valence-electron chi connectivity index (χ1n) is 7.67. The van der Waals surface area contributed by atoms with Crippen LogP contribution in [0.4, 0.5) is 0 Å². The average Bonchev–Trinajstić information content (AvgIpc) is 3.08. The lowest BCUT2D eigenvalue weighted by Crippen LogP contribution is -2.38. The van der Waals surface area contributed by atoms with Gasteiger partial charge in [-0.05, 0) is 18.6 Å². The number of sulfone groups is 1. The van der Waals surface area contributed by atoms with Crippen molar-refractivity contribution in [1.82, 2.24) is 5.32 Å². The second-order valence-corrected chi connectivity index (χ2v) is 8.18. The van der Waals surface area contributed by atoms with Crippen molar-refractivity contribution in [2.75, 3.05) is 18.1 Å². The fraction of sp³-hybridized carbons (Fsp3) is 0.375. The topological polar surface area (TPSA) is 123 Å². The molecular weight excluding hydrogens is 350 g/mol. The number of fused-ring (bicyclic) bond motifs is 1. The normalized spacial score (nSPS) is 19.0. The van der Waals surface area contributed by atoms with Crippen molar-refractivity contribution in [1.29, 1.82) is 0 Å². The van der Waals surface area contributed by atoms with Crippen molar-refractivity contribution in [2.24, 2.45) is 0 Å². The molecule has 1 saturated heterocycles. The van der Waals surface area contributed by atoms with Gasteiger partial charge in [0.25, 0.3) is 5.91 Å². The Hall–Kier alpha value is -2.55. The lowest BCUT2D eigenvalue weighted by Gasteiger charge is -2.10. The maximum absolute atomic E-state index is 11.9. The number of benzene rings is 1. The molecule has 9 heteroatoms. The van der Waals surface area contributed by atoms with Crippen LogP contribution in [0.3, 0.4) is 0 Å². The Morgan fingerprint density at radius 1 is 1.36 bits per heavy atom. The summed E-state index contributed by atoms with van der Waals surface area (Å²) < 4.78 is 32.8. The lowest BCUT2D eigenvalue weighted by molar-refractivity contribution is -0.148. The molecule has 0 aliphatic carbocycles. The summed E-state index contributed by atoms with van der Waals surface area (Å²) in [5.74, 6) is -1.11. The number of carbonyl (C=O) groups excluding carboxylic acids is 2. The minimum atomic E-state index is -3.08. The lowest BCUT2D eigenvalue weighted by atomic mass is 10.1. The molecule has 1 atom stereocenters. The number of amides is 1. The van der Waals surface area contributed by atoms with E-state index in [1.165, 1.54) is 18.4 Å². The Kier molecular flexibility index (Phi) is 4.67. The van der Waals surface area contributed by atoms with E-state index in [0.29, 0.717) is 23.0 Å². The molecule has 0 spiro atoms. The van der Waals surface area contributed by atoms with Gasteiger partial charge in [0.15, 0.2) is 16.4 Å². The van der Waals surface area contributed by atoms with Gasteiger partial charge in [-0.1, -0.05) is 0 Å². The molecule has 1 aromatic carbocycles. The van der Waals surface area contributed by atoms with Crippen LogP contribution < -0.4 is 5.32 Å². The van der Waals surface area contributed by atoms with E-state index in [4.69, 9.17) is 9.15 Å². The molecule has 0 unspecified atom stereocenters. The van der Waals surface area contributed by atoms with Crippen molar-refractivity contribution in [3.63, 3.8) is 0 Å². The van der Waals surface area contributed by atoms with Gasteiger partial charge in [-0.25, -0.2) is 8.42 Å². The van der Waals surface area contributed by atoms with Crippen LogP contribution in [0.5, 0.6) is 5.75 Å². The van der Waals surface area contributed by atoms with E-state index in [1.54, 1.807) is 6.07 Å². The second-order valence-electron chi connectivity index (χ2n) is 5.95. The van der Waals surface area contributed by atoms with Crippen molar-refractivity contribution >= 4 is 32.7 Å². The summed E-state index contributed by atoms with van der Waals surface area (Å²) in [5, 5.41) is 12.6. The third-order valence-corrected chi connectivity index (χ3v) is 5.70. The largest absolute Gasteiger partial charge is 0.508 e. The van der Waals surface area contributed by atoms with Crippen LogP contribution in [0, 0.1) is 0 Å². The number of aromatic hydroxyl groups is 1. The number of carbonyl (C=O) groups is 2. The number of phenols is 1. The van der Waals surface area contributed by atoms with Crippen LogP contribution in [0.25, 0.3) is 11.0 Å². The van der Waals surface area contributed by atoms with E-state index in [1.807, 2.05) is 0 Å². The molecule has 2 N–H and O–H groups in total. The molecule has 2 heterocycles. The zero-order valence-electron chi connectivity index (χ0n) is 13.2. The van der Waals surface area contributed by atoms with Crippen LogP contribution in [0.2, 0.25) is 0 Å². The van der Waals surface area contributed by atoms with E-state index in [2.05, 4.69) is 5.32 Å². The predicted octanol–water partition coefficient (Wildman–Crippen LogP) is 0.527. The van der Waals surface area contributed by atoms with Crippen molar-refractivity contribution in [2.45, 2.75) is 18.9 Å². The number of furan rings is 1. The van der Waals surface area contributed by atoms with Gasteiger partial charge in [0.1, 0.15) is 11.3 Å². The number of rotatable bonds is 5. The first-order valence-corrected chi connectivity index (χ1v) is 9.49. The molecule has 0 radical (unpaired) electrons. The SMILES string of the molecule is O=C(COC(=O)Cc1coc2cc(O)ccc12)N[C@@H]1CCS(=O)(=O)C1. The third-order valence-electron chi connectivity index (χ3n) is 3.94. The Balaban J connectivity index is 1.50. The molecule has 25 heavy (non-hydrogen) atoms. The molecule has 1 amide bonds. The van der Waals surface area contributed by atoms with Crippen LogP contribution in [0.15, 0.2) is 28.9 Å². The monoisotopic (exact) mass is 367 g/mol. The summed E-state index contributed by atoms with van der Waals surface area (Å²) >= 11 is 0. The van der Waals surface area contributed by atoms with E-state index in [0.717, 1.165) is 0 Å². The number of nitrogens with one attached hydrogen (secondary N) is 1. The third kappa shape index (κ3) is 4.30. The fourth-order valence-electron chi connectivity index (χ4n) is 2.74. The van der Waals surface area contributed by atoms with Gasteiger partial charge in [-0.15, -0.1) is 0 Å². The summed E-state index contributed by atoms with van der Waals surface area (Å²) in [6.07, 6.45) is 1.69. The zero-order chi connectivity index (χ0) is 18.0. The van der Waals surface area contributed by atoms with E-state index >= 15 is 0 Å². The van der Waals surface area contributed by atoms with Crippen LogP contribution >= 0.6 is 0 Å². The Bertz CT molecular complexity index is 916. The molecular formula is C16H17NO7S. The highest BCUT2D eigenvalue weighted by Crippen LogP contribution is 2.25. The van der Waals surface area contributed by atoms with Gasteiger partial charge < -0.3 is 19.6 Å². The number of esters is 1. The molecule has 3 rings (SSSR count). The van der Waals surface area contributed by atoms with Crippen molar-refractivity contribution < 1.29 is 32.3 Å². The van der Waals surface area contributed by atoms with E-state index < -0.39 is 34.4 Å². The van der Waals surface area contributed by atoms with Crippen LogP contribution in [0.1, 0.15) is 12.0 Å². The first-order chi connectivity index (χ1) is 11.8. The zero-order valence-corrected chi connectivity index (χ0v) is 14.0. The molecule has 2 aromatic rings. The average molecular weight is 367 g/mol. The predicted molar refractivity (Wildman–Crippen MR) is 87.7 cm³/mol. The van der Waals surface area contributed by atoms with Crippen LogP contribution in [-0.2, 0) is 30.6 Å². The fourth-order valence-corrected chi connectivity index (χ4v) is 4.41. The second kappa shape index (κ2) is 6.75. The highest BCUT2D eigenvalue weighted by atomic mass is 32.2. The summed E-state index contributed by atoms with van der Waals surface area (Å²) in [6.45, 7) is -0.466. The molecule has 1 aliphatic heterocycles. The Morgan fingerprint density at radius 2 is 2.16 bits per heavy atom. The van der Waals surface area contributed by atoms with E-state index in [-0.39, 0.29) is 23.7 Å². The minimum absolute atomic E-state index is 0.0564. The number of hydrogen-bond acceptors (Lipinski definition) is 7. The Morgan fingerprint density at radius 3 is 2.88 bits per heavy atom. The molecule has 1 fully saturated rings. The molecule has 134 valence electrons. The number of ether oxygens (including phenoxy) is 1. The molecule has 1 aromatic heterocycles.